The first-order valence-electron chi connectivity index (χ1n) is 7.82. The number of hydrogen-bond donors (Lipinski definition) is 1. The highest BCUT2D eigenvalue weighted by molar-refractivity contribution is 6.01. The van der Waals surface area contributed by atoms with Crippen LogP contribution >= 0.6 is 0 Å². The lowest BCUT2D eigenvalue weighted by atomic mass is 9.85. The van der Waals surface area contributed by atoms with Gasteiger partial charge in [-0.2, -0.15) is 0 Å². The maximum absolute atomic E-state index is 13.0. The van der Waals surface area contributed by atoms with Crippen molar-refractivity contribution in [1.29, 1.82) is 0 Å². The van der Waals surface area contributed by atoms with Crippen molar-refractivity contribution in [3.05, 3.63) is 36.1 Å². The quantitative estimate of drug-likeness (QED) is 0.856. The van der Waals surface area contributed by atoms with Crippen molar-refractivity contribution in [2.45, 2.75) is 31.0 Å². The van der Waals surface area contributed by atoms with Gasteiger partial charge >= 0.3 is 0 Å². The van der Waals surface area contributed by atoms with Gasteiger partial charge in [-0.3, -0.25) is 9.69 Å². The van der Waals surface area contributed by atoms with Gasteiger partial charge in [0.15, 0.2) is 5.76 Å². The van der Waals surface area contributed by atoms with Gasteiger partial charge in [-0.25, -0.2) is 0 Å². The number of ketones is 1. The average Bonchev–Trinajstić information content (AvgIpc) is 3.01. The van der Waals surface area contributed by atoms with Crippen LogP contribution in [0.1, 0.15) is 23.4 Å². The molecule has 1 aromatic carbocycles. The van der Waals surface area contributed by atoms with Crippen LogP contribution < -0.4 is 5.32 Å². The van der Waals surface area contributed by atoms with Gasteiger partial charge in [-0.1, -0.05) is 18.2 Å². The largest absolute Gasteiger partial charge is 0.453 e. The number of hydrogen-bond acceptors (Lipinski definition) is 4. The van der Waals surface area contributed by atoms with E-state index in [0.29, 0.717) is 23.8 Å². The molecule has 4 heterocycles. The van der Waals surface area contributed by atoms with Crippen molar-refractivity contribution in [2.75, 3.05) is 13.1 Å². The number of Topliss-reactive ketones (excluding diaryl/α,β-unsaturated/α-hetero) is 1. The van der Waals surface area contributed by atoms with E-state index in [-0.39, 0.29) is 11.8 Å². The number of nitrogens with one attached hydrogen (secondary N) is 1. The highest BCUT2D eigenvalue weighted by Crippen LogP contribution is 2.39. The zero-order valence-electron chi connectivity index (χ0n) is 11.8. The van der Waals surface area contributed by atoms with E-state index in [1.54, 1.807) is 0 Å². The highest BCUT2D eigenvalue weighted by atomic mass is 16.3. The summed E-state index contributed by atoms with van der Waals surface area (Å²) in [6.07, 6.45) is 2.45. The van der Waals surface area contributed by atoms with E-state index in [2.05, 4.69) is 10.2 Å². The Kier molecular flexibility index (Phi) is 2.38. The summed E-state index contributed by atoms with van der Waals surface area (Å²) in [6, 6.07) is 10.6. The minimum absolute atomic E-state index is 0.0388. The fourth-order valence-electron chi connectivity index (χ4n) is 4.53. The number of nitrogens with zero attached hydrogens (tertiary/aromatic N) is 1. The van der Waals surface area contributed by atoms with E-state index >= 15 is 0 Å². The van der Waals surface area contributed by atoms with Crippen molar-refractivity contribution in [1.82, 2.24) is 10.2 Å². The number of rotatable bonds is 2. The van der Waals surface area contributed by atoms with Crippen LogP contribution in [-0.2, 0) is 0 Å². The van der Waals surface area contributed by atoms with Crippen LogP contribution in [0.3, 0.4) is 0 Å². The summed E-state index contributed by atoms with van der Waals surface area (Å²) in [4.78, 5) is 15.3. The van der Waals surface area contributed by atoms with Crippen molar-refractivity contribution in [2.24, 2.45) is 5.92 Å². The Morgan fingerprint density at radius 2 is 2.24 bits per heavy atom. The topological polar surface area (TPSA) is 45.5 Å². The van der Waals surface area contributed by atoms with E-state index in [1.165, 1.54) is 12.8 Å². The third kappa shape index (κ3) is 1.66. The molecule has 108 valence electrons. The highest BCUT2D eigenvalue weighted by Gasteiger charge is 2.52. The molecule has 2 aromatic rings. The Morgan fingerprint density at radius 3 is 3.14 bits per heavy atom. The number of piperazine rings is 1. The second-order valence-corrected chi connectivity index (χ2v) is 6.63. The molecule has 3 aliphatic rings. The van der Waals surface area contributed by atoms with Crippen LogP contribution in [0, 0.1) is 5.92 Å². The van der Waals surface area contributed by atoms with E-state index in [1.807, 2.05) is 30.3 Å². The molecular formula is C17H18N2O2. The van der Waals surface area contributed by atoms with Gasteiger partial charge in [-0.05, 0) is 37.4 Å². The molecule has 0 aliphatic carbocycles. The van der Waals surface area contributed by atoms with E-state index in [9.17, 15) is 4.79 Å². The van der Waals surface area contributed by atoms with Gasteiger partial charge in [0.2, 0.25) is 5.78 Å². The molecule has 3 bridgehead atoms. The number of benzene rings is 1. The molecule has 0 amide bonds. The van der Waals surface area contributed by atoms with Gasteiger partial charge < -0.3 is 9.73 Å². The first-order valence-corrected chi connectivity index (χ1v) is 7.82. The summed E-state index contributed by atoms with van der Waals surface area (Å²) < 4.78 is 5.79. The molecule has 21 heavy (non-hydrogen) atoms. The fraction of sp³-hybridized carbons (Fsp3) is 0.471. The Labute approximate surface area is 123 Å². The summed E-state index contributed by atoms with van der Waals surface area (Å²) >= 11 is 0. The molecule has 5 unspecified atom stereocenters. The predicted molar refractivity (Wildman–Crippen MR) is 79.3 cm³/mol. The molecule has 0 radical (unpaired) electrons. The molecule has 1 N–H and O–H groups in total. The molecule has 0 spiro atoms. The van der Waals surface area contributed by atoms with Gasteiger partial charge in [0, 0.05) is 24.0 Å². The lowest BCUT2D eigenvalue weighted by molar-refractivity contribution is 0.0495. The zero-order chi connectivity index (χ0) is 14.0. The van der Waals surface area contributed by atoms with Crippen LogP contribution in [0.25, 0.3) is 11.0 Å². The summed E-state index contributed by atoms with van der Waals surface area (Å²) in [5.74, 6) is 1.32. The van der Waals surface area contributed by atoms with Crippen LogP contribution in [0.4, 0.5) is 0 Å². The molecule has 3 saturated heterocycles. The van der Waals surface area contributed by atoms with Gasteiger partial charge in [-0.15, -0.1) is 0 Å². The summed E-state index contributed by atoms with van der Waals surface area (Å²) in [5.41, 5.74) is 0.800. The molecule has 4 nitrogen and oxygen atoms in total. The third-order valence-electron chi connectivity index (χ3n) is 5.44. The Bertz CT molecular complexity index is 689. The fourth-order valence-corrected chi connectivity index (χ4v) is 4.53. The van der Waals surface area contributed by atoms with E-state index in [0.717, 1.165) is 24.1 Å². The lowest BCUT2D eigenvalue weighted by Crippen LogP contribution is -2.64. The average molecular weight is 282 g/mol. The Hall–Kier alpha value is -1.65. The standard InChI is InChI=1S/C17H18N2O2/c20-17(14-8-10-3-1-2-4-13(10)21-14)16-15-11-5-6-19(16)9-12(7-11)18-15/h1-4,8,11-12,15-16,18H,5-7,9H2. The van der Waals surface area contributed by atoms with Crippen LogP contribution in [-0.4, -0.2) is 41.9 Å². The van der Waals surface area contributed by atoms with E-state index in [4.69, 9.17) is 4.42 Å². The molecule has 1 aromatic heterocycles. The van der Waals surface area contributed by atoms with Gasteiger partial charge in [0.1, 0.15) is 5.58 Å². The minimum atomic E-state index is -0.0388. The maximum Gasteiger partial charge on any atom is 0.216 e. The molecule has 3 fully saturated rings. The number of furan rings is 1. The second-order valence-electron chi connectivity index (χ2n) is 6.63. The van der Waals surface area contributed by atoms with Crippen LogP contribution in [0.15, 0.2) is 34.7 Å². The monoisotopic (exact) mass is 282 g/mol. The van der Waals surface area contributed by atoms with Crippen molar-refractivity contribution < 1.29 is 9.21 Å². The zero-order valence-corrected chi connectivity index (χ0v) is 11.8. The third-order valence-corrected chi connectivity index (χ3v) is 5.44. The molecule has 0 saturated carbocycles. The van der Waals surface area contributed by atoms with Crippen LogP contribution in [0.2, 0.25) is 0 Å². The van der Waals surface area contributed by atoms with Crippen molar-refractivity contribution in [3.63, 3.8) is 0 Å². The first kappa shape index (κ1) is 12.0. The Balaban J connectivity index is 1.53. The van der Waals surface area contributed by atoms with Gasteiger partial charge in [0.25, 0.3) is 0 Å². The van der Waals surface area contributed by atoms with Crippen molar-refractivity contribution in [3.8, 4) is 0 Å². The minimum Gasteiger partial charge on any atom is -0.453 e. The lowest BCUT2D eigenvalue weighted by Gasteiger charge is -2.44. The van der Waals surface area contributed by atoms with E-state index < -0.39 is 0 Å². The SMILES string of the molecule is O=C(c1cc2ccccc2o1)C1C2NC3CC2CCN1C3. The predicted octanol–water partition coefficient (Wildman–Crippen LogP) is 2.05. The summed E-state index contributed by atoms with van der Waals surface area (Å²) in [6.45, 7) is 2.06. The number of piperidine rings is 1. The van der Waals surface area contributed by atoms with Crippen molar-refractivity contribution >= 4 is 16.8 Å². The molecule has 3 aliphatic heterocycles. The Morgan fingerprint density at radius 1 is 1.33 bits per heavy atom. The number of fused-ring (bicyclic) bond motifs is 3. The molecule has 5 rings (SSSR count). The van der Waals surface area contributed by atoms with Gasteiger partial charge in [0.05, 0.1) is 6.04 Å². The number of carbonyl (C=O) groups is 1. The number of carbonyl (C=O) groups excluding carboxylic acids is 1. The summed E-state index contributed by atoms with van der Waals surface area (Å²) in [7, 11) is 0. The molecule has 4 heteroatoms. The molecular weight excluding hydrogens is 264 g/mol. The molecule has 5 atom stereocenters. The number of para-hydroxylation sites is 1. The second kappa shape index (κ2) is 4.18. The van der Waals surface area contributed by atoms with Crippen LogP contribution in [0.5, 0.6) is 0 Å². The first-order chi connectivity index (χ1) is 10.3. The normalized spacial score (nSPS) is 37.2. The maximum atomic E-state index is 13.0. The smallest absolute Gasteiger partial charge is 0.216 e. The summed E-state index contributed by atoms with van der Waals surface area (Å²) in [5, 5.41) is 4.66.